The molecule has 1 N–H and O–H groups in total. The van der Waals surface area contributed by atoms with E-state index in [-0.39, 0.29) is 33.0 Å². The van der Waals surface area contributed by atoms with Gasteiger partial charge in [-0.15, -0.1) is 0 Å². The van der Waals surface area contributed by atoms with Gasteiger partial charge in [-0.25, -0.2) is 0 Å². The summed E-state index contributed by atoms with van der Waals surface area (Å²) in [4.78, 5) is 24.0. The molecule has 2 amide bonds. The van der Waals surface area contributed by atoms with Crippen molar-refractivity contribution in [1.29, 1.82) is 0 Å². The Kier molecular flexibility index (Phi) is 8.62. The number of halogens is 6. The molecule has 0 aliphatic carbocycles. The van der Waals surface area contributed by atoms with Crippen molar-refractivity contribution < 1.29 is 22.8 Å². The highest BCUT2D eigenvalue weighted by atomic mass is 35.5. The molecule has 0 spiro atoms. The predicted molar refractivity (Wildman–Crippen MR) is 121 cm³/mol. The molecule has 0 saturated heterocycles. The van der Waals surface area contributed by atoms with Crippen molar-refractivity contribution in [3.63, 3.8) is 0 Å². The van der Waals surface area contributed by atoms with E-state index in [4.69, 9.17) is 34.8 Å². The first kappa shape index (κ1) is 26.0. The average molecular weight is 508 g/mol. The minimum Gasteiger partial charge on any atom is -0.273 e. The molecule has 10 heteroatoms. The van der Waals surface area contributed by atoms with Gasteiger partial charge in [0.1, 0.15) is 0 Å². The Morgan fingerprint density at radius 3 is 2.22 bits per heavy atom. The number of benzene rings is 2. The van der Waals surface area contributed by atoms with Gasteiger partial charge in [0.15, 0.2) is 0 Å². The van der Waals surface area contributed by atoms with Crippen molar-refractivity contribution in [2.24, 2.45) is 0 Å². The number of alkyl halides is 3. The molecular weight excluding hydrogens is 488 g/mol. The maximum absolute atomic E-state index is 13.7. The number of carbonyl (C=O) groups is 2. The zero-order chi connectivity index (χ0) is 24.2. The van der Waals surface area contributed by atoms with E-state index in [9.17, 15) is 22.8 Å². The summed E-state index contributed by atoms with van der Waals surface area (Å²) in [5, 5.41) is 0.924. The SMILES string of the molecule is CCC(=O)N(C)NC(=O)c1ccc(/C=C/C(c2cc(Cl)c(Cl)c(Cl)c2)C(F)(F)F)cc1C. The lowest BCUT2D eigenvalue weighted by atomic mass is 9.96. The van der Waals surface area contributed by atoms with Gasteiger partial charge in [-0.05, 0) is 41.8 Å². The van der Waals surface area contributed by atoms with Gasteiger partial charge in [0.25, 0.3) is 5.91 Å². The number of hydrogen-bond acceptors (Lipinski definition) is 2. The number of amides is 2. The van der Waals surface area contributed by atoms with Crippen LogP contribution in [0.25, 0.3) is 6.08 Å². The molecule has 1 atom stereocenters. The third kappa shape index (κ3) is 6.40. The van der Waals surface area contributed by atoms with E-state index in [0.717, 1.165) is 23.2 Å². The summed E-state index contributed by atoms with van der Waals surface area (Å²) in [6.07, 6.45) is -2.08. The van der Waals surface area contributed by atoms with Crippen molar-refractivity contribution in [3.05, 3.63) is 73.7 Å². The van der Waals surface area contributed by atoms with Crippen molar-refractivity contribution in [1.82, 2.24) is 10.4 Å². The van der Waals surface area contributed by atoms with E-state index in [2.05, 4.69) is 5.43 Å². The van der Waals surface area contributed by atoms with E-state index >= 15 is 0 Å². The standard InChI is InChI=1S/C22H20Cl3F3N2O2/c1-4-19(31)30(3)29-21(32)15-7-5-13(9-12(15)2)6-8-16(22(26,27)28)14-10-17(23)20(25)18(24)11-14/h5-11,16H,4H2,1-3H3,(H,29,32)/b8-6+. The van der Waals surface area contributed by atoms with Gasteiger partial charge in [-0.3, -0.25) is 20.0 Å². The van der Waals surface area contributed by atoms with Crippen molar-refractivity contribution in [2.45, 2.75) is 32.4 Å². The summed E-state index contributed by atoms with van der Waals surface area (Å²) in [5.74, 6) is -2.73. The number of carbonyl (C=O) groups excluding carboxylic acids is 2. The molecule has 2 rings (SSSR count). The van der Waals surface area contributed by atoms with Crippen molar-refractivity contribution in [2.75, 3.05) is 7.05 Å². The second-order valence-corrected chi connectivity index (χ2v) is 8.19. The molecule has 0 aliphatic rings. The lowest BCUT2D eigenvalue weighted by Gasteiger charge is -2.19. The van der Waals surface area contributed by atoms with Crippen LogP contribution in [0.2, 0.25) is 15.1 Å². The van der Waals surface area contributed by atoms with Crippen LogP contribution in [0.15, 0.2) is 36.4 Å². The Morgan fingerprint density at radius 2 is 1.72 bits per heavy atom. The van der Waals surface area contributed by atoms with Crippen LogP contribution in [0.1, 0.15) is 46.3 Å². The fourth-order valence-corrected chi connectivity index (χ4v) is 3.54. The van der Waals surface area contributed by atoms with Crippen LogP contribution < -0.4 is 5.43 Å². The monoisotopic (exact) mass is 506 g/mol. The van der Waals surface area contributed by atoms with Crippen LogP contribution in [-0.4, -0.2) is 30.0 Å². The lowest BCUT2D eigenvalue weighted by molar-refractivity contribution is -0.139. The largest absolute Gasteiger partial charge is 0.399 e. The molecule has 0 fully saturated rings. The third-order valence-corrected chi connectivity index (χ3v) is 5.84. The van der Waals surface area contributed by atoms with E-state index in [1.807, 2.05) is 0 Å². The van der Waals surface area contributed by atoms with Crippen LogP contribution in [0.3, 0.4) is 0 Å². The molecule has 0 aliphatic heterocycles. The minimum absolute atomic E-state index is 0.0160. The molecule has 4 nitrogen and oxygen atoms in total. The highest BCUT2D eigenvalue weighted by molar-refractivity contribution is 6.48. The van der Waals surface area contributed by atoms with Gasteiger partial charge in [0, 0.05) is 19.0 Å². The van der Waals surface area contributed by atoms with Gasteiger partial charge in [0.05, 0.1) is 21.0 Å². The van der Waals surface area contributed by atoms with Crippen molar-refractivity contribution in [3.8, 4) is 0 Å². The Labute approximate surface area is 198 Å². The third-order valence-electron chi connectivity index (χ3n) is 4.64. The highest BCUT2D eigenvalue weighted by Gasteiger charge is 2.39. The molecule has 0 saturated carbocycles. The number of hydrazine groups is 1. The molecule has 1 unspecified atom stereocenters. The molecule has 2 aromatic carbocycles. The average Bonchev–Trinajstić information content (AvgIpc) is 2.70. The number of nitrogens with zero attached hydrogens (tertiary/aromatic N) is 1. The van der Waals surface area contributed by atoms with Crippen LogP contribution in [0.5, 0.6) is 0 Å². The molecule has 0 bridgehead atoms. The highest BCUT2D eigenvalue weighted by Crippen LogP contribution is 2.41. The second-order valence-electron chi connectivity index (χ2n) is 7.00. The first-order valence-electron chi connectivity index (χ1n) is 9.42. The van der Waals surface area contributed by atoms with E-state index in [0.29, 0.717) is 16.7 Å². The smallest absolute Gasteiger partial charge is 0.273 e. The molecule has 32 heavy (non-hydrogen) atoms. The van der Waals surface area contributed by atoms with Gasteiger partial charge >= 0.3 is 6.18 Å². The van der Waals surface area contributed by atoms with Gasteiger partial charge in [-0.1, -0.05) is 66.0 Å². The van der Waals surface area contributed by atoms with Crippen molar-refractivity contribution >= 4 is 52.7 Å². The van der Waals surface area contributed by atoms with E-state index < -0.39 is 18.0 Å². The second kappa shape index (κ2) is 10.6. The summed E-state index contributed by atoms with van der Waals surface area (Å²) in [5.41, 5.74) is 3.59. The zero-order valence-electron chi connectivity index (χ0n) is 17.4. The number of aryl methyl sites for hydroxylation is 1. The Balaban J connectivity index is 2.30. The number of rotatable bonds is 5. The molecular formula is C22H20Cl3F3N2O2. The molecule has 0 heterocycles. The maximum Gasteiger partial charge on any atom is 0.399 e. The summed E-state index contributed by atoms with van der Waals surface area (Å²) >= 11 is 17.6. The first-order chi connectivity index (χ1) is 14.8. The topological polar surface area (TPSA) is 49.4 Å². The van der Waals surface area contributed by atoms with Crippen LogP contribution in [-0.2, 0) is 4.79 Å². The predicted octanol–water partition coefficient (Wildman–Crippen LogP) is 6.83. The quantitative estimate of drug-likeness (QED) is 0.356. The van der Waals surface area contributed by atoms with Crippen LogP contribution >= 0.6 is 34.8 Å². The normalized spacial score (nSPS) is 12.7. The molecule has 0 radical (unpaired) electrons. The Hall–Kier alpha value is -2.22. The summed E-state index contributed by atoms with van der Waals surface area (Å²) in [6, 6.07) is 6.82. The fraction of sp³-hybridized carbons (Fsp3) is 0.273. The van der Waals surface area contributed by atoms with Gasteiger partial charge in [-0.2, -0.15) is 13.2 Å². The number of allylic oxidation sites excluding steroid dienone is 1. The molecule has 172 valence electrons. The van der Waals surface area contributed by atoms with Crippen LogP contribution in [0.4, 0.5) is 13.2 Å². The summed E-state index contributed by atoms with van der Waals surface area (Å²) in [6.45, 7) is 3.31. The number of nitrogens with one attached hydrogen (secondary N) is 1. The molecule has 0 aromatic heterocycles. The Morgan fingerprint density at radius 1 is 1.12 bits per heavy atom. The fourth-order valence-electron chi connectivity index (χ4n) is 2.93. The van der Waals surface area contributed by atoms with Gasteiger partial charge < -0.3 is 0 Å². The zero-order valence-corrected chi connectivity index (χ0v) is 19.6. The summed E-state index contributed by atoms with van der Waals surface area (Å²) in [7, 11) is 1.43. The van der Waals surface area contributed by atoms with Gasteiger partial charge in [0.2, 0.25) is 5.91 Å². The molecule has 2 aromatic rings. The lowest BCUT2D eigenvalue weighted by Crippen LogP contribution is -2.43. The summed E-state index contributed by atoms with van der Waals surface area (Å²) < 4.78 is 41.0. The van der Waals surface area contributed by atoms with E-state index in [1.54, 1.807) is 19.9 Å². The number of hydrogen-bond donors (Lipinski definition) is 1. The Bertz CT molecular complexity index is 1030. The van der Waals surface area contributed by atoms with Crippen LogP contribution in [0, 0.1) is 6.92 Å². The maximum atomic E-state index is 13.7. The first-order valence-corrected chi connectivity index (χ1v) is 10.6. The van der Waals surface area contributed by atoms with E-state index in [1.165, 1.54) is 25.3 Å². The minimum atomic E-state index is -4.59.